The number of nitrogens with zero attached hydrogens (tertiary/aromatic N) is 1. The van der Waals surface area contributed by atoms with Crippen LogP contribution in [0, 0.1) is 0 Å². The van der Waals surface area contributed by atoms with E-state index < -0.39 is 0 Å². The number of nitrogens with one attached hydrogen (secondary N) is 2. The lowest BCUT2D eigenvalue weighted by Crippen LogP contribution is -2.34. The topological polar surface area (TPSA) is 80.0 Å². The summed E-state index contributed by atoms with van der Waals surface area (Å²) in [5, 5.41) is 3.02. The smallest absolute Gasteiger partial charge is 0.251 e. The molecule has 0 unspecified atom stereocenters. The molecule has 0 aromatic carbocycles. The van der Waals surface area contributed by atoms with Crippen LogP contribution in [0.1, 0.15) is 56.1 Å². The van der Waals surface area contributed by atoms with Gasteiger partial charge in [-0.2, -0.15) is 0 Å². The minimum absolute atomic E-state index is 0.0649. The van der Waals surface area contributed by atoms with Crippen LogP contribution in [0.4, 0.5) is 5.82 Å². The third-order valence-corrected chi connectivity index (χ3v) is 3.12. The van der Waals surface area contributed by atoms with Gasteiger partial charge >= 0.3 is 0 Å². The number of hydrogen-bond donors (Lipinski definition) is 3. The molecule has 19 heavy (non-hydrogen) atoms. The monoisotopic (exact) mass is 264 g/mol. The average Bonchev–Trinajstić information content (AvgIpc) is 2.44. The summed E-state index contributed by atoms with van der Waals surface area (Å²) in [7, 11) is 0. The maximum absolute atomic E-state index is 12.2. The molecule has 0 atom stereocenters. The fourth-order valence-electron chi connectivity index (χ4n) is 1.94. The van der Waals surface area contributed by atoms with Crippen LogP contribution in [-0.4, -0.2) is 16.9 Å². The van der Waals surface area contributed by atoms with E-state index in [0.29, 0.717) is 11.4 Å². The standard InChI is InChI=1S/C14H24N4O/c1-4-7-12-8-10(9-13(16-12)18-15)14(19)17-11(5-2)6-3/h8-9,11H,4-7,15H2,1-3H3,(H,16,18)(H,17,19). The number of nitrogen functional groups attached to an aromatic ring is 1. The van der Waals surface area contributed by atoms with Crippen LogP contribution in [-0.2, 0) is 6.42 Å². The van der Waals surface area contributed by atoms with Gasteiger partial charge in [0.2, 0.25) is 0 Å². The Hall–Kier alpha value is -1.62. The average molecular weight is 264 g/mol. The Kier molecular flexibility index (Phi) is 6.29. The van der Waals surface area contributed by atoms with Crippen molar-refractivity contribution in [2.24, 2.45) is 5.84 Å². The molecule has 0 fully saturated rings. The van der Waals surface area contributed by atoms with E-state index in [1.165, 1.54) is 0 Å². The minimum Gasteiger partial charge on any atom is -0.349 e. The molecule has 5 heteroatoms. The maximum atomic E-state index is 12.2. The van der Waals surface area contributed by atoms with Crippen LogP contribution in [0.2, 0.25) is 0 Å². The van der Waals surface area contributed by atoms with E-state index in [9.17, 15) is 4.79 Å². The number of hydrogen-bond acceptors (Lipinski definition) is 4. The highest BCUT2D eigenvalue weighted by Gasteiger charge is 2.12. The molecule has 1 aromatic rings. The van der Waals surface area contributed by atoms with E-state index in [-0.39, 0.29) is 11.9 Å². The van der Waals surface area contributed by atoms with E-state index >= 15 is 0 Å². The second kappa shape index (κ2) is 7.74. The van der Waals surface area contributed by atoms with Gasteiger partial charge in [-0.15, -0.1) is 0 Å². The number of pyridine rings is 1. The van der Waals surface area contributed by atoms with Crippen LogP contribution in [0.5, 0.6) is 0 Å². The van der Waals surface area contributed by atoms with E-state index in [4.69, 9.17) is 5.84 Å². The second-order valence-corrected chi connectivity index (χ2v) is 4.61. The number of hydrazine groups is 1. The van der Waals surface area contributed by atoms with Crippen molar-refractivity contribution >= 4 is 11.7 Å². The molecule has 1 aromatic heterocycles. The summed E-state index contributed by atoms with van der Waals surface area (Å²) in [5.41, 5.74) is 4.00. The molecule has 5 nitrogen and oxygen atoms in total. The second-order valence-electron chi connectivity index (χ2n) is 4.61. The van der Waals surface area contributed by atoms with E-state index in [0.717, 1.165) is 31.4 Å². The lowest BCUT2D eigenvalue weighted by Gasteiger charge is -2.15. The summed E-state index contributed by atoms with van der Waals surface area (Å²) in [4.78, 5) is 16.5. The Morgan fingerprint density at radius 3 is 2.53 bits per heavy atom. The Morgan fingerprint density at radius 1 is 1.32 bits per heavy atom. The van der Waals surface area contributed by atoms with Gasteiger partial charge in [0.05, 0.1) is 0 Å². The van der Waals surface area contributed by atoms with Gasteiger partial charge in [-0.25, -0.2) is 10.8 Å². The summed E-state index contributed by atoms with van der Waals surface area (Å²) in [6.07, 6.45) is 3.67. The van der Waals surface area contributed by atoms with Gasteiger partial charge in [0.25, 0.3) is 5.91 Å². The van der Waals surface area contributed by atoms with Crippen molar-refractivity contribution in [2.45, 2.75) is 52.5 Å². The molecule has 0 radical (unpaired) electrons. The summed E-state index contributed by atoms with van der Waals surface area (Å²) in [6.45, 7) is 6.21. The molecule has 0 aliphatic carbocycles. The Bertz CT molecular complexity index is 416. The molecule has 1 rings (SSSR count). The first-order valence-corrected chi connectivity index (χ1v) is 6.92. The molecule has 0 saturated heterocycles. The quantitative estimate of drug-likeness (QED) is 0.521. The fourth-order valence-corrected chi connectivity index (χ4v) is 1.94. The van der Waals surface area contributed by atoms with Crippen LogP contribution < -0.4 is 16.6 Å². The van der Waals surface area contributed by atoms with Gasteiger partial charge in [-0.3, -0.25) is 4.79 Å². The van der Waals surface area contributed by atoms with Crippen molar-refractivity contribution in [1.29, 1.82) is 0 Å². The molecule has 0 aliphatic rings. The van der Waals surface area contributed by atoms with E-state index in [1.54, 1.807) is 6.07 Å². The lowest BCUT2D eigenvalue weighted by atomic mass is 10.1. The molecule has 0 bridgehead atoms. The van der Waals surface area contributed by atoms with Crippen LogP contribution >= 0.6 is 0 Å². The van der Waals surface area contributed by atoms with Gasteiger partial charge in [-0.1, -0.05) is 27.2 Å². The Labute approximate surface area is 115 Å². The normalized spacial score (nSPS) is 10.6. The zero-order chi connectivity index (χ0) is 14.3. The summed E-state index contributed by atoms with van der Waals surface area (Å²) < 4.78 is 0. The predicted molar refractivity (Wildman–Crippen MR) is 77.9 cm³/mol. The highest BCUT2D eigenvalue weighted by molar-refractivity contribution is 5.95. The number of anilines is 1. The number of rotatable bonds is 7. The maximum Gasteiger partial charge on any atom is 0.251 e. The van der Waals surface area contributed by atoms with Crippen LogP contribution in [0.3, 0.4) is 0 Å². The molecule has 0 spiro atoms. The molecule has 0 saturated carbocycles. The SMILES string of the molecule is CCCc1cc(C(=O)NC(CC)CC)cc(NN)n1. The molecule has 4 N–H and O–H groups in total. The van der Waals surface area contributed by atoms with Crippen molar-refractivity contribution < 1.29 is 4.79 Å². The van der Waals surface area contributed by atoms with Crippen LogP contribution in [0.25, 0.3) is 0 Å². The third-order valence-electron chi connectivity index (χ3n) is 3.12. The summed E-state index contributed by atoms with van der Waals surface area (Å²) in [5.74, 6) is 5.86. The van der Waals surface area contributed by atoms with Gasteiger partial charge in [0.1, 0.15) is 5.82 Å². The highest BCUT2D eigenvalue weighted by Crippen LogP contribution is 2.12. The van der Waals surface area contributed by atoms with Gasteiger partial charge < -0.3 is 10.7 Å². The first-order chi connectivity index (χ1) is 9.14. The molecule has 0 aliphatic heterocycles. The number of amides is 1. The number of nitrogens with two attached hydrogens (primary N) is 1. The predicted octanol–water partition coefficient (Wildman–Crippen LogP) is 2.24. The lowest BCUT2D eigenvalue weighted by molar-refractivity contribution is 0.0934. The Morgan fingerprint density at radius 2 is 2.00 bits per heavy atom. The highest BCUT2D eigenvalue weighted by atomic mass is 16.1. The first-order valence-electron chi connectivity index (χ1n) is 6.92. The van der Waals surface area contributed by atoms with Crippen molar-refractivity contribution in [1.82, 2.24) is 10.3 Å². The first kappa shape index (κ1) is 15.4. The number of carbonyl (C=O) groups is 1. The van der Waals surface area contributed by atoms with E-state index in [2.05, 4.69) is 36.5 Å². The largest absolute Gasteiger partial charge is 0.349 e. The number of carbonyl (C=O) groups excluding carboxylic acids is 1. The molecular formula is C14H24N4O. The molecule has 1 heterocycles. The molecule has 106 valence electrons. The van der Waals surface area contributed by atoms with Gasteiger partial charge in [-0.05, 0) is 31.4 Å². The Balaban J connectivity index is 2.91. The summed E-state index contributed by atoms with van der Waals surface area (Å²) in [6, 6.07) is 3.73. The fraction of sp³-hybridized carbons (Fsp3) is 0.571. The van der Waals surface area contributed by atoms with Crippen molar-refractivity contribution in [2.75, 3.05) is 5.43 Å². The van der Waals surface area contributed by atoms with E-state index in [1.807, 2.05) is 6.07 Å². The van der Waals surface area contributed by atoms with Crippen molar-refractivity contribution in [3.63, 3.8) is 0 Å². The van der Waals surface area contributed by atoms with Gasteiger partial charge in [0, 0.05) is 17.3 Å². The summed E-state index contributed by atoms with van der Waals surface area (Å²) >= 11 is 0. The van der Waals surface area contributed by atoms with Crippen molar-refractivity contribution in [3.8, 4) is 0 Å². The zero-order valence-corrected chi connectivity index (χ0v) is 12.0. The number of aromatic nitrogens is 1. The zero-order valence-electron chi connectivity index (χ0n) is 12.0. The third kappa shape index (κ3) is 4.52. The molecular weight excluding hydrogens is 240 g/mol. The molecule has 1 amide bonds. The number of aryl methyl sites for hydroxylation is 1. The minimum atomic E-state index is -0.0649. The van der Waals surface area contributed by atoms with Crippen molar-refractivity contribution in [3.05, 3.63) is 23.4 Å². The van der Waals surface area contributed by atoms with Crippen LogP contribution in [0.15, 0.2) is 12.1 Å². The van der Waals surface area contributed by atoms with Gasteiger partial charge in [0.15, 0.2) is 0 Å².